The Kier molecular flexibility index (Phi) is 4.87. The van der Waals surface area contributed by atoms with Gasteiger partial charge in [-0.2, -0.15) is 13.2 Å². The van der Waals surface area contributed by atoms with Gasteiger partial charge in [-0.25, -0.2) is 9.97 Å². The third-order valence-corrected chi connectivity index (χ3v) is 3.56. The molecule has 0 aromatic carbocycles. The van der Waals surface area contributed by atoms with Gasteiger partial charge in [-0.1, -0.05) is 0 Å². The van der Waals surface area contributed by atoms with Crippen LogP contribution in [0.3, 0.4) is 0 Å². The molecule has 21 heavy (non-hydrogen) atoms. The van der Waals surface area contributed by atoms with Gasteiger partial charge in [0.25, 0.3) is 0 Å². The van der Waals surface area contributed by atoms with Gasteiger partial charge in [0, 0.05) is 33.3 Å². The summed E-state index contributed by atoms with van der Waals surface area (Å²) in [7, 11) is 3.29. The Hall–Kier alpha value is -1.57. The number of nitrogens with zero attached hydrogens (tertiary/aromatic N) is 4. The lowest BCUT2D eigenvalue weighted by atomic mass is 10.4. The van der Waals surface area contributed by atoms with E-state index in [2.05, 4.69) is 20.2 Å². The zero-order valence-corrected chi connectivity index (χ0v) is 12.2. The van der Waals surface area contributed by atoms with Crippen molar-refractivity contribution in [3.8, 4) is 0 Å². The largest absolute Gasteiger partial charge is 0.451 e. The summed E-state index contributed by atoms with van der Waals surface area (Å²) in [5.41, 5.74) is 0. The monoisotopic (exact) mass is 303 g/mol. The van der Waals surface area contributed by atoms with Gasteiger partial charge >= 0.3 is 6.18 Å². The molecule has 2 rings (SSSR count). The van der Waals surface area contributed by atoms with Crippen LogP contribution in [0.5, 0.6) is 0 Å². The fourth-order valence-electron chi connectivity index (χ4n) is 2.30. The number of halogens is 3. The second-order valence-electron chi connectivity index (χ2n) is 5.15. The Morgan fingerprint density at radius 1 is 1.29 bits per heavy atom. The Balaban J connectivity index is 2.09. The van der Waals surface area contributed by atoms with Crippen molar-refractivity contribution in [1.29, 1.82) is 0 Å². The zero-order valence-electron chi connectivity index (χ0n) is 12.2. The summed E-state index contributed by atoms with van der Waals surface area (Å²) in [5, 5.41) is 2.64. The van der Waals surface area contributed by atoms with Gasteiger partial charge in [0.15, 0.2) is 0 Å². The first kappa shape index (κ1) is 15.8. The molecule has 0 unspecified atom stereocenters. The molecule has 0 radical (unpaired) electrons. The minimum atomic E-state index is -4.54. The lowest BCUT2D eigenvalue weighted by Crippen LogP contribution is -2.32. The molecule has 8 heteroatoms. The van der Waals surface area contributed by atoms with Crippen molar-refractivity contribution in [2.24, 2.45) is 0 Å². The molecule has 0 bridgehead atoms. The van der Waals surface area contributed by atoms with Gasteiger partial charge in [0.2, 0.25) is 5.82 Å². The molecule has 2 heterocycles. The quantitative estimate of drug-likeness (QED) is 0.902. The number of anilines is 2. The lowest BCUT2D eigenvalue weighted by molar-refractivity contribution is -0.144. The molecule has 1 aromatic heterocycles. The zero-order chi connectivity index (χ0) is 15.5. The van der Waals surface area contributed by atoms with Crippen LogP contribution in [-0.2, 0) is 6.18 Å². The van der Waals surface area contributed by atoms with Crippen molar-refractivity contribution in [3.63, 3.8) is 0 Å². The van der Waals surface area contributed by atoms with Crippen molar-refractivity contribution in [2.45, 2.75) is 19.0 Å². The summed E-state index contributed by atoms with van der Waals surface area (Å²) in [6.45, 7) is 3.59. The van der Waals surface area contributed by atoms with E-state index in [0.717, 1.165) is 19.6 Å². The first-order chi connectivity index (χ1) is 9.90. The maximum absolute atomic E-state index is 12.8. The molecule has 1 aromatic rings. The number of likely N-dealkylation sites (tertiary alicyclic amines) is 1. The number of alkyl halides is 3. The molecule has 1 aliphatic rings. The standard InChI is InChI=1S/C13H20F3N5/c1-17-10-9-11(19-12(18-10)13(14,15)16)20(2)7-8-21-5-3-4-6-21/h9H,3-8H2,1-2H3,(H,17,18,19). The van der Waals surface area contributed by atoms with Gasteiger partial charge in [-0.3, -0.25) is 0 Å². The number of hydrogen-bond donors (Lipinski definition) is 1. The number of likely N-dealkylation sites (N-methyl/N-ethyl adjacent to an activating group) is 1. The Bertz CT molecular complexity index is 471. The summed E-state index contributed by atoms with van der Waals surface area (Å²) >= 11 is 0. The van der Waals surface area contributed by atoms with Gasteiger partial charge in [0.1, 0.15) is 11.6 Å². The molecule has 118 valence electrons. The first-order valence-electron chi connectivity index (χ1n) is 6.97. The predicted molar refractivity (Wildman–Crippen MR) is 75.5 cm³/mol. The van der Waals surface area contributed by atoms with Crippen LogP contribution < -0.4 is 10.2 Å². The van der Waals surface area contributed by atoms with Crippen molar-refractivity contribution in [2.75, 3.05) is 50.5 Å². The number of hydrogen-bond acceptors (Lipinski definition) is 5. The molecule has 0 aliphatic carbocycles. The smallest absolute Gasteiger partial charge is 0.373 e. The van der Waals surface area contributed by atoms with Gasteiger partial charge < -0.3 is 15.1 Å². The summed E-state index contributed by atoms with van der Waals surface area (Å²) in [6.07, 6.45) is -2.16. The molecule has 0 atom stereocenters. The van der Waals surface area contributed by atoms with Crippen LogP contribution >= 0.6 is 0 Å². The van der Waals surface area contributed by atoms with Crippen LogP contribution in [0.15, 0.2) is 6.07 Å². The van der Waals surface area contributed by atoms with Gasteiger partial charge in [-0.05, 0) is 25.9 Å². The molecule has 1 saturated heterocycles. The van der Waals surface area contributed by atoms with Crippen molar-refractivity contribution >= 4 is 11.6 Å². The van der Waals surface area contributed by atoms with E-state index < -0.39 is 12.0 Å². The molecular weight excluding hydrogens is 283 g/mol. The van der Waals surface area contributed by atoms with E-state index in [4.69, 9.17) is 0 Å². The van der Waals surface area contributed by atoms with E-state index >= 15 is 0 Å². The second-order valence-corrected chi connectivity index (χ2v) is 5.15. The van der Waals surface area contributed by atoms with Crippen LogP contribution in [0.2, 0.25) is 0 Å². The normalized spacial score (nSPS) is 16.2. The summed E-state index contributed by atoms with van der Waals surface area (Å²) in [5.74, 6) is -0.668. The third kappa shape index (κ3) is 4.20. The highest BCUT2D eigenvalue weighted by atomic mass is 19.4. The van der Waals surface area contributed by atoms with E-state index in [0.29, 0.717) is 6.54 Å². The van der Waals surface area contributed by atoms with Crippen molar-refractivity contribution in [1.82, 2.24) is 14.9 Å². The van der Waals surface area contributed by atoms with Crippen molar-refractivity contribution < 1.29 is 13.2 Å². The number of aromatic nitrogens is 2. The van der Waals surface area contributed by atoms with Crippen LogP contribution in [0.1, 0.15) is 18.7 Å². The van der Waals surface area contributed by atoms with E-state index in [1.165, 1.54) is 26.0 Å². The van der Waals surface area contributed by atoms with E-state index in [1.54, 1.807) is 11.9 Å². The maximum atomic E-state index is 12.8. The van der Waals surface area contributed by atoms with Crippen LogP contribution in [-0.4, -0.2) is 55.1 Å². The van der Waals surface area contributed by atoms with E-state index in [1.807, 2.05) is 0 Å². The minimum Gasteiger partial charge on any atom is -0.373 e. The molecule has 0 spiro atoms. The highest BCUT2D eigenvalue weighted by Crippen LogP contribution is 2.28. The Morgan fingerprint density at radius 2 is 1.95 bits per heavy atom. The summed E-state index contributed by atoms with van der Waals surface area (Å²) in [4.78, 5) is 11.1. The highest BCUT2D eigenvalue weighted by Gasteiger charge is 2.35. The molecule has 0 amide bonds. The van der Waals surface area contributed by atoms with Crippen LogP contribution in [0.25, 0.3) is 0 Å². The molecule has 1 fully saturated rings. The second kappa shape index (κ2) is 6.46. The lowest BCUT2D eigenvalue weighted by Gasteiger charge is -2.23. The number of nitrogens with one attached hydrogen (secondary N) is 1. The highest BCUT2D eigenvalue weighted by molar-refractivity contribution is 5.49. The average Bonchev–Trinajstić information content (AvgIpc) is 2.96. The Labute approximate surface area is 122 Å². The average molecular weight is 303 g/mol. The van der Waals surface area contributed by atoms with Crippen LogP contribution in [0, 0.1) is 0 Å². The fraction of sp³-hybridized carbons (Fsp3) is 0.692. The SMILES string of the molecule is CNc1cc(N(C)CCN2CCCC2)nc(C(F)(F)F)n1. The molecule has 5 nitrogen and oxygen atoms in total. The summed E-state index contributed by atoms with van der Waals surface area (Å²) in [6, 6.07) is 1.53. The van der Waals surface area contributed by atoms with E-state index in [9.17, 15) is 13.2 Å². The summed E-state index contributed by atoms with van der Waals surface area (Å²) < 4.78 is 38.4. The maximum Gasteiger partial charge on any atom is 0.451 e. The predicted octanol–water partition coefficient (Wildman–Crippen LogP) is 2.07. The Morgan fingerprint density at radius 3 is 2.52 bits per heavy atom. The fourth-order valence-corrected chi connectivity index (χ4v) is 2.30. The topological polar surface area (TPSA) is 44.3 Å². The molecule has 1 N–H and O–H groups in total. The van der Waals surface area contributed by atoms with Crippen LogP contribution in [0.4, 0.5) is 24.8 Å². The first-order valence-corrected chi connectivity index (χ1v) is 6.97. The molecule has 1 aliphatic heterocycles. The minimum absolute atomic E-state index is 0.167. The third-order valence-electron chi connectivity index (χ3n) is 3.56. The van der Waals surface area contributed by atoms with Crippen molar-refractivity contribution in [3.05, 3.63) is 11.9 Å². The molecule has 0 saturated carbocycles. The van der Waals surface area contributed by atoms with E-state index in [-0.39, 0.29) is 11.6 Å². The number of rotatable bonds is 5. The van der Waals surface area contributed by atoms with Gasteiger partial charge in [0.05, 0.1) is 0 Å². The molecular formula is C13H20F3N5. The van der Waals surface area contributed by atoms with Gasteiger partial charge in [-0.15, -0.1) is 0 Å².